The molecule has 3 aromatic rings. The number of carbonyl (C=O) groups is 1. The molecular weight excluding hydrogens is 534 g/mol. The number of nitrogens with one attached hydrogen (secondary N) is 1. The molecule has 3 rings (SSSR count). The largest absolute Gasteiger partial charge is 0.502 e. The summed E-state index contributed by atoms with van der Waals surface area (Å²) in [6, 6.07) is 17.9. The predicted molar refractivity (Wildman–Crippen MR) is 123 cm³/mol. The Balaban J connectivity index is 1.59. The van der Waals surface area contributed by atoms with Crippen molar-refractivity contribution in [2.45, 2.75) is 0 Å². The molecule has 0 fully saturated rings. The number of phenolic OH excluding ortho intramolecular Hbond substituents is 1. The number of nitro groups is 1. The number of hydrazone groups is 1. The molecule has 0 saturated heterocycles. The second kappa shape index (κ2) is 10.2. The second-order valence-corrected chi connectivity index (χ2v) is 7.98. The van der Waals surface area contributed by atoms with Crippen LogP contribution in [0.1, 0.15) is 5.56 Å². The summed E-state index contributed by atoms with van der Waals surface area (Å²) in [7, 11) is 0. The monoisotopic (exact) mass is 547 g/mol. The predicted octanol–water partition coefficient (Wildman–Crippen LogP) is 5.02. The van der Waals surface area contributed by atoms with Gasteiger partial charge in [0.05, 0.1) is 15.6 Å². The van der Waals surface area contributed by atoms with Crippen molar-refractivity contribution in [3.05, 3.63) is 85.3 Å². The second-order valence-electron chi connectivity index (χ2n) is 6.21. The van der Waals surface area contributed by atoms with E-state index in [1.807, 2.05) is 42.5 Å². The molecule has 0 saturated carbocycles. The number of benzene rings is 3. The van der Waals surface area contributed by atoms with Gasteiger partial charge in [0.1, 0.15) is 5.75 Å². The summed E-state index contributed by atoms with van der Waals surface area (Å²) in [6.07, 6.45) is 1.11. The first-order valence-electron chi connectivity index (χ1n) is 8.81. The molecule has 0 aliphatic carbocycles. The van der Waals surface area contributed by atoms with Crippen molar-refractivity contribution in [2.24, 2.45) is 5.10 Å². The first-order chi connectivity index (χ1) is 14.8. The number of hydrogen-bond donors (Lipinski definition) is 2. The highest BCUT2D eigenvalue weighted by atomic mass is 79.9. The minimum atomic E-state index is -0.717. The highest BCUT2D eigenvalue weighted by Gasteiger charge is 2.17. The highest BCUT2D eigenvalue weighted by Crippen LogP contribution is 2.32. The molecule has 0 aliphatic heterocycles. The zero-order valence-corrected chi connectivity index (χ0v) is 19.0. The van der Waals surface area contributed by atoms with Gasteiger partial charge in [-0.1, -0.05) is 52.3 Å². The molecule has 0 aromatic heterocycles. The average Bonchev–Trinajstić information content (AvgIpc) is 2.75. The van der Waals surface area contributed by atoms with E-state index >= 15 is 0 Å². The van der Waals surface area contributed by atoms with Crippen molar-refractivity contribution in [1.29, 1.82) is 0 Å². The number of ether oxygens (including phenoxy) is 1. The molecule has 8 nitrogen and oxygen atoms in total. The van der Waals surface area contributed by atoms with Crippen molar-refractivity contribution < 1.29 is 19.6 Å². The van der Waals surface area contributed by atoms with Crippen LogP contribution in [0.4, 0.5) is 5.69 Å². The Kier molecular flexibility index (Phi) is 7.37. The molecule has 0 unspecified atom stereocenters. The van der Waals surface area contributed by atoms with Gasteiger partial charge < -0.3 is 9.84 Å². The van der Waals surface area contributed by atoms with Gasteiger partial charge in [0.25, 0.3) is 5.91 Å². The minimum Gasteiger partial charge on any atom is -0.502 e. The normalized spacial score (nSPS) is 10.8. The Morgan fingerprint density at radius 3 is 2.55 bits per heavy atom. The number of amides is 1. The zero-order chi connectivity index (χ0) is 22.4. The van der Waals surface area contributed by atoms with Crippen LogP contribution in [0.3, 0.4) is 0 Å². The van der Waals surface area contributed by atoms with Gasteiger partial charge in [-0.15, -0.1) is 0 Å². The number of phenols is 1. The van der Waals surface area contributed by atoms with E-state index < -0.39 is 22.3 Å². The highest BCUT2D eigenvalue weighted by molar-refractivity contribution is 9.10. The summed E-state index contributed by atoms with van der Waals surface area (Å²) >= 11 is 6.56. The van der Waals surface area contributed by atoms with Crippen LogP contribution in [-0.2, 0) is 4.79 Å². The van der Waals surface area contributed by atoms with Crippen molar-refractivity contribution >= 4 is 49.7 Å². The lowest BCUT2D eigenvalue weighted by atomic mass is 10.1. The summed E-state index contributed by atoms with van der Waals surface area (Å²) in [5, 5.41) is 24.6. The Labute approximate surface area is 194 Å². The lowest BCUT2D eigenvalue weighted by Crippen LogP contribution is -2.24. The lowest BCUT2D eigenvalue weighted by molar-refractivity contribution is -0.385. The maximum absolute atomic E-state index is 12.0. The van der Waals surface area contributed by atoms with E-state index in [1.54, 1.807) is 6.07 Å². The molecule has 0 bridgehead atoms. The van der Waals surface area contributed by atoms with Crippen LogP contribution in [0.15, 0.2) is 74.7 Å². The third-order valence-corrected chi connectivity index (χ3v) is 5.15. The summed E-state index contributed by atoms with van der Waals surface area (Å²) in [5.41, 5.74) is 3.89. The van der Waals surface area contributed by atoms with Crippen LogP contribution < -0.4 is 10.2 Å². The third-order valence-electron chi connectivity index (χ3n) is 4.07. The van der Waals surface area contributed by atoms with Gasteiger partial charge in [0.15, 0.2) is 6.61 Å². The third kappa shape index (κ3) is 5.89. The molecule has 10 heteroatoms. The van der Waals surface area contributed by atoms with Crippen molar-refractivity contribution in [3.8, 4) is 22.6 Å². The quantitative estimate of drug-likeness (QED) is 0.244. The van der Waals surface area contributed by atoms with Crippen LogP contribution >= 0.6 is 31.9 Å². The molecule has 0 spiro atoms. The molecule has 1 amide bonds. The fourth-order valence-corrected chi connectivity index (χ4v) is 3.58. The van der Waals surface area contributed by atoms with E-state index in [2.05, 4.69) is 42.4 Å². The minimum absolute atomic E-state index is 0.0709. The Morgan fingerprint density at radius 1 is 1.13 bits per heavy atom. The lowest BCUT2D eigenvalue weighted by Gasteiger charge is -2.09. The van der Waals surface area contributed by atoms with E-state index in [9.17, 15) is 20.0 Å². The van der Waals surface area contributed by atoms with Gasteiger partial charge in [-0.3, -0.25) is 14.9 Å². The van der Waals surface area contributed by atoms with Gasteiger partial charge in [0.2, 0.25) is 5.75 Å². The number of aromatic hydroxyl groups is 1. The average molecular weight is 549 g/mol. The SMILES string of the molecule is O=C(COc1ccc(-c2ccccc2)cc1Br)N/N=C/c1cc(Br)cc([N+](=O)[O-])c1O. The van der Waals surface area contributed by atoms with Gasteiger partial charge >= 0.3 is 5.69 Å². The standard InChI is InChI=1S/C21H15Br2N3O5/c22-16-8-15(21(28)18(10-16)26(29)30)11-24-25-20(27)12-31-19-7-6-14(9-17(19)23)13-4-2-1-3-5-13/h1-11,28H,12H2,(H,25,27)/b24-11+. The van der Waals surface area contributed by atoms with Gasteiger partial charge in [0, 0.05) is 16.1 Å². The van der Waals surface area contributed by atoms with Crippen molar-refractivity contribution in [3.63, 3.8) is 0 Å². The van der Waals surface area contributed by atoms with E-state index in [4.69, 9.17) is 4.74 Å². The summed E-state index contributed by atoms with van der Waals surface area (Å²) in [5.74, 6) is -0.608. The Hall–Kier alpha value is -3.24. The molecule has 3 aromatic carbocycles. The first-order valence-corrected chi connectivity index (χ1v) is 10.4. The Morgan fingerprint density at radius 2 is 1.87 bits per heavy atom. The molecule has 158 valence electrons. The number of rotatable bonds is 7. The summed E-state index contributed by atoms with van der Waals surface area (Å²) in [6.45, 7) is -0.300. The van der Waals surface area contributed by atoms with Crippen molar-refractivity contribution in [2.75, 3.05) is 6.61 Å². The molecule has 31 heavy (non-hydrogen) atoms. The smallest absolute Gasteiger partial charge is 0.312 e. The van der Waals surface area contributed by atoms with Crippen LogP contribution in [0.5, 0.6) is 11.5 Å². The molecule has 2 N–H and O–H groups in total. The maximum Gasteiger partial charge on any atom is 0.312 e. The maximum atomic E-state index is 12.0. The van der Waals surface area contributed by atoms with Crippen molar-refractivity contribution in [1.82, 2.24) is 5.43 Å². The van der Waals surface area contributed by atoms with E-state index in [0.717, 1.165) is 17.3 Å². The van der Waals surface area contributed by atoms with Gasteiger partial charge in [-0.2, -0.15) is 5.10 Å². The first kappa shape index (κ1) is 22.4. The zero-order valence-electron chi connectivity index (χ0n) is 15.8. The van der Waals surface area contributed by atoms with Gasteiger partial charge in [-0.25, -0.2) is 5.43 Å². The van der Waals surface area contributed by atoms with E-state index in [0.29, 0.717) is 14.7 Å². The number of carbonyl (C=O) groups excluding carboxylic acids is 1. The molecular formula is C21H15Br2N3O5. The van der Waals surface area contributed by atoms with E-state index in [1.165, 1.54) is 12.1 Å². The number of halogens is 2. The van der Waals surface area contributed by atoms with E-state index in [-0.39, 0.29) is 12.2 Å². The van der Waals surface area contributed by atoms with Crippen LogP contribution in [0.25, 0.3) is 11.1 Å². The number of nitro benzene ring substituents is 1. The summed E-state index contributed by atoms with van der Waals surface area (Å²) < 4.78 is 6.58. The number of hydrogen-bond acceptors (Lipinski definition) is 6. The topological polar surface area (TPSA) is 114 Å². The molecule has 0 radical (unpaired) electrons. The number of nitrogens with zero attached hydrogens (tertiary/aromatic N) is 2. The molecule has 0 atom stereocenters. The Bertz CT molecular complexity index is 1150. The summed E-state index contributed by atoms with van der Waals surface area (Å²) in [4.78, 5) is 22.2. The van der Waals surface area contributed by atoms with Crippen LogP contribution in [0.2, 0.25) is 0 Å². The molecule has 0 aliphatic rings. The van der Waals surface area contributed by atoms with Crippen LogP contribution in [0, 0.1) is 10.1 Å². The van der Waals surface area contributed by atoms with Gasteiger partial charge in [-0.05, 0) is 45.3 Å². The van der Waals surface area contributed by atoms with Crippen LogP contribution in [-0.4, -0.2) is 28.8 Å². The fourth-order valence-electron chi connectivity index (χ4n) is 2.62. The fraction of sp³-hybridized carbons (Fsp3) is 0.0476. The molecule has 0 heterocycles.